The van der Waals surface area contributed by atoms with Crippen molar-refractivity contribution in [2.75, 3.05) is 13.6 Å². The van der Waals surface area contributed by atoms with Gasteiger partial charge in [0.05, 0.1) is 4.90 Å². The van der Waals surface area contributed by atoms with Gasteiger partial charge in [-0.25, -0.2) is 12.7 Å². The zero-order valence-corrected chi connectivity index (χ0v) is 21.1. The summed E-state index contributed by atoms with van der Waals surface area (Å²) in [6, 6.07) is 14.6. The van der Waals surface area contributed by atoms with E-state index in [-0.39, 0.29) is 42.3 Å². The molecule has 33 heavy (non-hydrogen) atoms. The van der Waals surface area contributed by atoms with Crippen molar-refractivity contribution in [2.45, 2.75) is 57.1 Å². The molecule has 0 saturated carbocycles. The molecule has 0 spiro atoms. The molecule has 180 valence electrons. The Bertz CT molecular complexity index is 1040. The van der Waals surface area contributed by atoms with Gasteiger partial charge in [-0.15, -0.1) is 0 Å². The number of hydrogen-bond acceptors (Lipinski definition) is 4. The smallest absolute Gasteiger partial charge is 0.242 e. The molecule has 0 heterocycles. The molecule has 0 bridgehead atoms. The van der Waals surface area contributed by atoms with Gasteiger partial charge in [-0.05, 0) is 57.0 Å². The highest BCUT2D eigenvalue weighted by Gasteiger charge is 2.27. The fourth-order valence-corrected chi connectivity index (χ4v) is 4.75. The Morgan fingerprint density at radius 1 is 1.03 bits per heavy atom. The SMILES string of the molecule is CC(C)NC(=O)C(C)N(Cc1cccc(Cl)c1)C(=O)CCCN(C)S(=O)(=O)c1ccccc1. The second-order valence-corrected chi connectivity index (χ2v) is 10.7. The predicted molar refractivity (Wildman–Crippen MR) is 130 cm³/mol. The highest BCUT2D eigenvalue weighted by atomic mass is 35.5. The zero-order valence-electron chi connectivity index (χ0n) is 19.5. The molecular weight excluding hydrogens is 462 g/mol. The minimum absolute atomic E-state index is 0.0556. The van der Waals surface area contributed by atoms with Crippen LogP contribution in [0.15, 0.2) is 59.5 Å². The number of hydrogen-bond donors (Lipinski definition) is 1. The molecule has 0 fully saturated rings. The van der Waals surface area contributed by atoms with Gasteiger partial charge in [-0.2, -0.15) is 0 Å². The van der Waals surface area contributed by atoms with Crippen molar-refractivity contribution in [3.05, 3.63) is 65.2 Å². The minimum Gasteiger partial charge on any atom is -0.352 e. The van der Waals surface area contributed by atoms with Crippen molar-refractivity contribution in [3.8, 4) is 0 Å². The summed E-state index contributed by atoms with van der Waals surface area (Å²) in [5, 5.41) is 3.39. The molecule has 2 amide bonds. The van der Waals surface area contributed by atoms with Gasteiger partial charge in [0.1, 0.15) is 6.04 Å². The summed E-state index contributed by atoms with van der Waals surface area (Å²) in [6.45, 7) is 5.81. The summed E-state index contributed by atoms with van der Waals surface area (Å²) in [4.78, 5) is 27.4. The number of carbonyl (C=O) groups is 2. The first-order chi connectivity index (χ1) is 15.5. The number of nitrogens with one attached hydrogen (secondary N) is 1. The Hall–Kier alpha value is -2.42. The molecule has 0 aliphatic heterocycles. The normalized spacial score (nSPS) is 12.6. The monoisotopic (exact) mass is 493 g/mol. The van der Waals surface area contributed by atoms with Crippen molar-refractivity contribution < 1.29 is 18.0 Å². The lowest BCUT2D eigenvalue weighted by Gasteiger charge is -2.29. The third-order valence-corrected chi connectivity index (χ3v) is 7.26. The van der Waals surface area contributed by atoms with Gasteiger partial charge in [-0.3, -0.25) is 9.59 Å². The fraction of sp³-hybridized carbons (Fsp3) is 0.417. The molecule has 0 aliphatic rings. The molecule has 9 heteroatoms. The van der Waals surface area contributed by atoms with E-state index < -0.39 is 16.1 Å². The molecule has 2 aromatic carbocycles. The van der Waals surface area contributed by atoms with E-state index >= 15 is 0 Å². The molecule has 1 N–H and O–H groups in total. The largest absolute Gasteiger partial charge is 0.352 e. The molecule has 2 rings (SSSR count). The highest BCUT2D eigenvalue weighted by Crippen LogP contribution is 2.17. The Balaban J connectivity index is 2.08. The Morgan fingerprint density at radius 3 is 2.30 bits per heavy atom. The van der Waals surface area contributed by atoms with E-state index in [1.54, 1.807) is 55.5 Å². The fourth-order valence-electron chi connectivity index (χ4n) is 3.31. The van der Waals surface area contributed by atoms with E-state index in [0.717, 1.165) is 5.56 Å². The van der Waals surface area contributed by atoms with Crippen LogP contribution in [0.1, 0.15) is 39.2 Å². The van der Waals surface area contributed by atoms with Gasteiger partial charge in [-0.1, -0.05) is 41.9 Å². The Morgan fingerprint density at radius 2 is 1.70 bits per heavy atom. The van der Waals surface area contributed by atoms with Crippen LogP contribution in [0.2, 0.25) is 5.02 Å². The molecule has 0 aromatic heterocycles. The standard InChI is InChI=1S/C24H32ClN3O4S/c1-18(2)26-24(30)19(3)28(17-20-10-8-11-21(25)16-20)23(29)14-9-15-27(4)33(31,32)22-12-6-5-7-13-22/h5-8,10-13,16,18-19H,9,14-15,17H2,1-4H3,(H,26,30). The summed E-state index contributed by atoms with van der Waals surface area (Å²) in [5.74, 6) is -0.476. The van der Waals surface area contributed by atoms with Crippen molar-refractivity contribution in [2.24, 2.45) is 0 Å². The zero-order chi connectivity index (χ0) is 24.6. The van der Waals surface area contributed by atoms with E-state index in [9.17, 15) is 18.0 Å². The predicted octanol–water partition coefficient (Wildman–Crippen LogP) is 3.68. The second-order valence-electron chi connectivity index (χ2n) is 8.23. The molecule has 2 aromatic rings. The summed E-state index contributed by atoms with van der Waals surface area (Å²) in [6.07, 6.45) is 0.431. The maximum absolute atomic E-state index is 13.1. The van der Waals surface area contributed by atoms with E-state index in [1.807, 2.05) is 19.9 Å². The Labute approximate surface area is 201 Å². The summed E-state index contributed by atoms with van der Waals surface area (Å²) < 4.78 is 26.6. The molecule has 0 aliphatic carbocycles. The molecule has 1 atom stereocenters. The lowest BCUT2D eigenvalue weighted by atomic mass is 10.1. The minimum atomic E-state index is -3.62. The first kappa shape index (κ1) is 26.8. The number of amides is 2. The van der Waals surface area contributed by atoms with Gasteiger partial charge in [0.25, 0.3) is 0 Å². The number of sulfonamides is 1. The average Bonchev–Trinajstić information content (AvgIpc) is 2.77. The number of carbonyl (C=O) groups excluding carboxylic acids is 2. The van der Waals surface area contributed by atoms with Crippen LogP contribution in [0, 0.1) is 0 Å². The van der Waals surface area contributed by atoms with Crippen LogP contribution in [0.4, 0.5) is 0 Å². The maximum atomic E-state index is 13.1. The summed E-state index contributed by atoms with van der Waals surface area (Å²) in [7, 11) is -2.13. The summed E-state index contributed by atoms with van der Waals surface area (Å²) >= 11 is 6.09. The number of halogens is 1. The lowest BCUT2D eigenvalue weighted by Crippen LogP contribution is -2.49. The van der Waals surface area contributed by atoms with Crippen LogP contribution in [-0.4, -0.2) is 55.1 Å². The van der Waals surface area contributed by atoms with Crippen LogP contribution >= 0.6 is 11.6 Å². The number of benzene rings is 2. The first-order valence-electron chi connectivity index (χ1n) is 10.9. The van der Waals surface area contributed by atoms with Gasteiger partial charge < -0.3 is 10.2 Å². The third-order valence-electron chi connectivity index (χ3n) is 5.16. The Kier molecular flexibility index (Phi) is 9.88. The number of nitrogens with zero attached hydrogens (tertiary/aromatic N) is 2. The molecule has 0 radical (unpaired) electrons. The highest BCUT2D eigenvalue weighted by molar-refractivity contribution is 7.89. The maximum Gasteiger partial charge on any atom is 0.242 e. The van der Waals surface area contributed by atoms with Gasteiger partial charge in [0.2, 0.25) is 21.8 Å². The van der Waals surface area contributed by atoms with E-state index in [0.29, 0.717) is 11.4 Å². The molecule has 1 unspecified atom stereocenters. The van der Waals surface area contributed by atoms with Crippen LogP contribution in [0.25, 0.3) is 0 Å². The number of rotatable bonds is 11. The first-order valence-corrected chi connectivity index (χ1v) is 12.7. The second kappa shape index (κ2) is 12.2. The van der Waals surface area contributed by atoms with Crippen molar-refractivity contribution >= 4 is 33.4 Å². The molecular formula is C24H32ClN3O4S. The third kappa shape index (κ3) is 7.84. The van der Waals surface area contributed by atoms with Crippen LogP contribution in [0.3, 0.4) is 0 Å². The van der Waals surface area contributed by atoms with Crippen molar-refractivity contribution in [1.29, 1.82) is 0 Å². The van der Waals surface area contributed by atoms with E-state index in [2.05, 4.69) is 5.32 Å². The summed E-state index contributed by atoms with van der Waals surface area (Å²) in [5.41, 5.74) is 0.809. The van der Waals surface area contributed by atoms with Crippen LogP contribution in [-0.2, 0) is 26.2 Å². The lowest BCUT2D eigenvalue weighted by molar-refractivity contribution is -0.140. The quantitative estimate of drug-likeness (QED) is 0.517. The van der Waals surface area contributed by atoms with Gasteiger partial charge in [0, 0.05) is 37.6 Å². The van der Waals surface area contributed by atoms with E-state index in [4.69, 9.17) is 11.6 Å². The van der Waals surface area contributed by atoms with Crippen LogP contribution in [0.5, 0.6) is 0 Å². The van der Waals surface area contributed by atoms with Gasteiger partial charge >= 0.3 is 0 Å². The van der Waals surface area contributed by atoms with Crippen LogP contribution < -0.4 is 5.32 Å². The topological polar surface area (TPSA) is 86.8 Å². The van der Waals surface area contributed by atoms with Crippen molar-refractivity contribution in [3.63, 3.8) is 0 Å². The molecule has 0 saturated heterocycles. The van der Waals surface area contributed by atoms with E-state index in [1.165, 1.54) is 16.3 Å². The van der Waals surface area contributed by atoms with Crippen molar-refractivity contribution in [1.82, 2.24) is 14.5 Å². The van der Waals surface area contributed by atoms with Gasteiger partial charge in [0.15, 0.2) is 0 Å². The molecule has 7 nitrogen and oxygen atoms in total. The average molecular weight is 494 g/mol.